The predicted octanol–water partition coefficient (Wildman–Crippen LogP) is -1.77. The maximum Gasteiger partial charge on any atom is 0.336 e. The highest BCUT2D eigenvalue weighted by atomic mass is 16.5. The van der Waals surface area contributed by atoms with Crippen molar-refractivity contribution in [2.45, 2.75) is 13.0 Å². The van der Waals surface area contributed by atoms with Crippen LogP contribution in [0, 0.1) is 5.92 Å². The number of methoxy groups -OCH3 is 1. The van der Waals surface area contributed by atoms with Crippen LogP contribution in [-0.2, 0) is 14.3 Å². The number of nitrogens with two attached hydrogens (primary N) is 1. The number of aliphatic hydroxyl groups is 1. The Morgan fingerprint density at radius 3 is 2.57 bits per heavy atom. The van der Waals surface area contributed by atoms with Crippen molar-refractivity contribution in [1.29, 1.82) is 0 Å². The van der Waals surface area contributed by atoms with Gasteiger partial charge in [-0.05, 0) is 0 Å². The molecule has 14 heavy (non-hydrogen) atoms. The first-order valence-electron chi connectivity index (χ1n) is 4.26. The number of carbonyl (C=O) groups excluding carboxylic acids is 2. The lowest BCUT2D eigenvalue weighted by molar-refractivity contribution is -0.150. The Bertz CT molecular complexity index is 208. The molecule has 0 aliphatic rings. The summed E-state index contributed by atoms with van der Waals surface area (Å²) in [4.78, 5) is 21.9. The molecule has 2 atom stereocenters. The molecular weight excluding hydrogens is 188 g/mol. The van der Waals surface area contributed by atoms with Gasteiger partial charge in [0.15, 0.2) is 6.10 Å². The average molecular weight is 204 g/mol. The average Bonchev–Trinajstić information content (AvgIpc) is 2.22. The molecule has 6 nitrogen and oxygen atoms in total. The number of esters is 1. The molecular formula is C8H16N2O4. The van der Waals surface area contributed by atoms with Crippen molar-refractivity contribution in [3.05, 3.63) is 0 Å². The van der Waals surface area contributed by atoms with E-state index in [0.29, 0.717) is 0 Å². The molecule has 0 saturated heterocycles. The van der Waals surface area contributed by atoms with Gasteiger partial charge in [-0.2, -0.15) is 0 Å². The molecule has 0 fully saturated rings. The monoisotopic (exact) mass is 204 g/mol. The first-order valence-corrected chi connectivity index (χ1v) is 4.26. The fourth-order valence-corrected chi connectivity index (χ4v) is 0.698. The smallest absolute Gasteiger partial charge is 0.336 e. The van der Waals surface area contributed by atoms with E-state index in [1.165, 1.54) is 0 Å². The minimum atomic E-state index is -1.33. The Labute approximate surface area is 82.4 Å². The summed E-state index contributed by atoms with van der Waals surface area (Å²) in [7, 11) is 1.16. The van der Waals surface area contributed by atoms with E-state index in [9.17, 15) is 9.59 Å². The molecule has 2 unspecified atom stereocenters. The van der Waals surface area contributed by atoms with Gasteiger partial charge < -0.3 is 20.9 Å². The number of hydrogen-bond donors (Lipinski definition) is 3. The van der Waals surface area contributed by atoms with E-state index in [1.54, 1.807) is 6.92 Å². The highest BCUT2D eigenvalue weighted by Crippen LogP contribution is 1.91. The van der Waals surface area contributed by atoms with Crippen LogP contribution >= 0.6 is 0 Å². The Hall–Kier alpha value is -1.14. The number of amides is 1. The van der Waals surface area contributed by atoms with Crippen LogP contribution in [0.2, 0.25) is 0 Å². The molecule has 0 radical (unpaired) electrons. The zero-order valence-electron chi connectivity index (χ0n) is 8.32. The van der Waals surface area contributed by atoms with Gasteiger partial charge in [-0.1, -0.05) is 6.92 Å². The fraction of sp³-hybridized carbons (Fsp3) is 0.750. The lowest BCUT2D eigenvalue weighted by Crippen LogP contribution is -2.40. The van der Waals surface area contributed by atoms with Crippen LogP contribution in [0.1, 0.15) is 6.92 Å². The first kappa shape index (κ1) is 12.9. The van der Waals surface area contributed by atoms with Crippen molar-refractivity contribution < 1.29 is 19.4 Å². The number of carbonyl (C=O) groups is 2. The van der Waals surface area contributed by atoms with Gasteiger partial charge in [-0.3, -0.25) is 4.79 Å². The van der Waals surface area contributed by atoms with E-state index < -0.39 is 12.1 Å². The Morgan fingerprint density at radius 2 is 2.14 bits per heavy atom. The number of ether oxygens (including phenoxy) is 1. The third-order valence-electron chi connectivity index (χ3n) is 1.74. The molecule has 0 aromatic rings. The van der Waals surface area contributed by atoms with Crippen molar-refractivity contribution in [2.24, 2.45) is 11.7 Å². The van der Waals surface area contributed by atoms with Crippen LogP contribution in [0.25, 0.3) is 0 Å². The third kappa shape index (κ3) is 4.20. The molecule has 0 aliphatic carbocycles. The molecule has 4 N–H and O–H groups in total. The second kappa shape index (κ2) is 6.33. The highest BCUT2D eigenvalue weighted by molar-refractivity contribution is 5.80. The van der Waals surface area contributed by atoms with E-state index >= 15 is 0 Å². The molecule has 0 aromatic heterocycles. The SMILES string of the molecule is COC(=O)C(O)CNC(=O)C(C)CN. The summed E-state index contributed by atoms with van der Waals surface area (Å²) < 4.78 is 4.27. The summed E-state index contributed by atoms with van der Waals surface area (Å²) in [5, 5.41) is 11.5. The quantitative estimate of drug-likeness (QED) is 0.460. The number of hydrogen-bond acceptors (Lipinski definition) is 5. The Balaban J connectivity index is 3.82. The van der Waals surface area contributed by atoms with Gasteiger partial charge in [0.2, 0.25) is 5.91 Å². The predicted molar refractivity (Wildman–Crippen MR) is 49.3 cm³/mol. The molecule has 6 heteroatoms. The molecule has 0 spiro atoms. The number of nitrogens with one attached hydrogen (secondary N) is 1. The molecule has 0 rings (SSSR count). The minimum absolute atomic E-state index is 0.157. The zero-order chi connectivity index (χ0) is 11.1. The third-order valence-corrected chi connectivity index (χ3v) is 1.74. The van der Waals surface area contributed by atoms with E-state index in [-0.39, 0.29) is 24.9 Å². The van der Waals surface area contributed by atoms with Crippen molar-refractivity contribution in [3.63, 3.8) is 0 Å². The van der Waals surface area contributed by atoms with Gasteiger partial charge in [0, 0.05) is 12.5 Å². The van der Waals surface area contributed by atoms with Crippen LogP contribution < -0.4 is 11.1 Å². The maximum absolute atomic E-state index is 11.1. The van der Waals surface area contributed by atoms with Crippen molar-refractivity contribution in [1.82, 2.24) is 5.32 Å². The second-order valence-electron chi connectivity index (χ2n) is 2.92. The van der Waals surface area contributed by atoms with Gasteiger partial charge in [0.05, 0.1) is 13.7 Å². The molecule has 0 bridgehead atoms. The summed E-state index contributed by atoms with van der Waals surface area (Å²) >= 11 is 0. The molecule has 1 amide bonds. The molecule has 0 aromatic carbocycles. The lowest BCUT2D eigenvalue weighted by Gasteiger charge is -2.12. The number of rotatable bonds is 5. The Morgan fingerprint density at radius 1 is 1.57 bits per heavy atom. The second-order valence-corrected chi connectivity index (χ2v) is 2.92. The largest absolute Gasteiger partial charge is 0.467 e. The maximum atomic E-state index is 11.1. The van der Waals surface area contributed by atoms with E-state index in [2.05, 4.69) is 10.1 Å². The molecule has 0 aliphatic heterocycles. The van der Waals surface area contributed by atoms with E-state index in [4.69, 9.17) is 10.8 Å². The van der Waals surface area contributed by atoms with Gasteiger partial charge in [0.1, 0.15) is 0 Å². The highest BCUT2D eigenvalue weighted by Gasteiger charge is 2.17. The lowest BCUT2D eigenvalue weighted by atomic mass is 10.1. The topological polar surface area (TPSA) is 102 Å². The fourth-order valence-electron chi connectivity index (χ4n) is 0.698. The van der Waals surface area contributed by atoms with Crippen LogP contribution in [0.4, 0.5) is 0 Å². The molecule has 0 heterocycles. The van der Waals surface area contributed by atoms with Gasteiger partial charge in [0.25, 0.3) is 0 Å². The Kier molecular flexibility index (Phi) is 5.82. The van der Waals surface area contributed by atoms with Crippen LogP contribution in [-0.4, -0.2) is 43.3 Å². The van der Waals surface area contributed by atoms with Crippen LogP contribution in [0.5, 0.6) is 0 Å². The van der Waals surface area contributed by atoms with E-state index in [1.807, 2.05) is 0 Å². The summed E-state index contributed by atoms with van der Waals surface area (Å²) in [5.41, 5.74) is 5.25. The summed E-state index contributed by atoms with van der Waals surface area (Å²) in [6.07, 6.45) is -1.33. The van der Waals surface area contributed by atoms with Gasteiger partial charge in [-0.15, -0.1) is 0 Å². The minimum Gasteiger partial charge on any atom is -0.467 e. The van der Waals surface area contributed by atoms with Gasteiger partial charge >= 0.3 is 5.97 Å². The van der Waals surface area contributed by atoms with Crippen molar-refractivity contribution in [3.8, 4) is 0 Å². The standard InChI is InChI=1S/C8H16N2O4/c1-5(3-9)7(12)10-4-6(11)8(13)14-2/h5-6,11H,3-4,9H2,1-2H3,(H,10,12). The van der Waals surface area contributed by atoms with E-state index in [0.717, 1.165) is 7.11 Å². The van der Waals surface area contributed by atoms with Crippen molar-refractivity contribution >= 4 is 11.9 Å². The summed E-state index contributed by atoms with van der Waals surface area (Å²) in [6, 6.07) is 0. The molecule has 0 saturated carbocycles. The first-order chi connectivity index (χ1) is 6.52. The molecule has 82 valence electrons. The number of aliphatic hydroxyl groups excluding tert-OH is 1. The van der Waals surface area contributed by atoms with Gasteiger partial charge in [-0.25, -0.2) is 4.79 Å². The van der Waals surface area contributed by atoms with Crippen LogP contribution in [0.15, 0.2) is 0 Å². The summed E-state index contributed by atoms with van der Waals surface area (Å²) in [6.45, 7) is 1.72. The summed E-state index contributed by atoms with van der Waals surface area (Å²) in [5.74, 6) is -1.40. The zero-order valence-corrected chi connectivity index (χ0v) is 8.32. The normalized spacial score (nSPS) is 14.3. The van der Waals surface area contributed by atoms with Crippen LogP contribution in [0.3, 0.4) is 0 Å². The van der Waals surface area contributed by atoms with Crippen molar-refractivity contribution in [2.75, 3.05) is 20.2 Å².